The van der Waals surface area contributed by atoms with E-state index in [0.29, 0.717) is 0 Å². The highest BCUT2D eigenvalue weighted by Gasteiger charge is 2.36. The lowest BCUT2D eigenvalue weighted by Gasteiger charge is -2.21. The van der Waals surface area contributed by atoms with Crippen molar-refractivity contribution in [1.29, 1.82) is 0 Å². The first-order valence-electron chi connectivity index (χ1n) is 5.56. The summed E-state index contributed by atoms with van der Waals surface area (Å²) in [5, 5.41) is 0. The second kappa shape index (κ2) is 3.37. The maximum atomic E-state index is 2.30. The summed E-state index contributed by atoms with van der Waals surface area (Å²) in [5.74, 6) is 0. The Morgan fingerprint density at radius 2 is 1.67 bits per heavy atom. The number of hydrogen-bond donors (Lipinski definition) is 0. The molecule has 0 bridgehead atoms. The summed E-state index contributed by atoms with van der Waals surface area (Å²) in [6.45, 7) is 8.86. The third kappa shape index (κ3) is 1.28. The van der Waals surface area contributed by atoms with Crippen molar-refractivity contribution in [2.75, 3.05) is 0 Å². The summed E-state index contributed by atoms with van der Waals surface area (Å²) in [6.07, 6.45) is 4.47. The van der Waals surface area contributed by atoms with E-state index >= 15 is 0 Å². The third-order valence-electron chi connectivity index (χ3n) is 3.43. The molecule has 1 aliphatic carbocycles. The molecule has 1 aromatic carbocycles. The molecule has 0 atom stereocenters. The zero-order valence-corrected chi connectivity index (χ0v) is 9.96. The van der Waals surface area contributed by atoms with E-state index in [4.69, 9.17) is 0 Å². The van der Waals surface area contributed by atoms with E-state index in [-0.39, 0.29) is 5.41 Å². The molecule has 0 aromatic heterocycles. The Kier molecular flexibility index (Phi) is 2.30. The Bertz CT molecular complexity index is 445. The van der Waals surface area contributed by atoms with Crippen molar-refractivity contribution < 1.29 is 0 Å². The summed E-state index contributed by atoms with van der Waals surface area (Å²) in [6, 6.07) is 8.72. The zero-order valence-electron chi connectivity index (χ0n) is 9.96. The van der Waals surface area contributed by atoms with Gasteiger partial charge in [-0.05, 0) is 36.1 Å². The van der Waals surface area contributed by atoms with E-state index in [2.05, 4.69) is 64.1 Å². The van der Waals surface area contributed by atoms with Crippen molar-refractivity contribution in [3.05, 3.63) is 53.1 Å². The molecular formula is C15H18. The van der Waals surface area contributed by atoms with Crippen LogP contribution in [0.1, 0.15) is 38.8 Å². The van der Waals surface area contributed by atoms with Gasteiger partial charge in [-0.15, -0.1) is 0 Å². The number of allylic oxidation sites excluding steroid dienone is 4. The summed E-state index contributed by atoms with van der Waals surface area (Å²) in [5.41, 5.74) is 5.86. The van der Waals surface area contributed by atoms with Crippen molar-refractivity contribution in [2.24, 2.45) is 0 Å². The first kappa shape index (κ1) is 10.2. The summed E-state index contributed by atoms with van der Waals surface area (Å²) in [4.78, 5) is 0. The van der Waals surface area contributed by atoms with Gasteiger partial charge in [0, 0.05) is 5.41 Å². The minimum absolute atomic E-state index is 0.160. The topological polar surface area (TPSA) is 0 Å². The fourth-order valence-electron chi connectivity index (χ4n) is 2.72. The van der Waals surface area contributed by atoms with Crippen molar-refractivity contribution in [1.82, 2.24) is 0 Å². The lowest BCUT2D eigenvalue weighted by atomic mass is 9.82. The van der Waals surface area contributed by atoms with Gasteiger partial charge in [-0.25, -0.2) is 0 Å². The van der Waals surface area contributed by atoms with Crippen LogP contribution in [0.3, 0.4) is 0 Å². The molecule has 0 nitrogen and oxygen atoms in total. The lowest BCUT2D eigenvalue weighted by Crippen LogP contribution is -2.14. The molecule has 0 saturated heterocycles. The van der Waals surface area contributed by atoms with Gasteiger partial charge in [0.25, 0.3) is 0 Å². The van der Waals surface area contributed by atoms with Gasteiger partial charge in [0.1, 0.15) is 0 Å². The molecule has 0 unspecified atom stereocenters. The molecule has 0 fully saturated rings. The molecule has 0 heterocycles. The molecule has 1 aliphatic rings. The average molecular weight is 198 g/mol. The zero-order chi connectivity index (χ0) is 11.1. The van der Waals surface area contributed by atoms with Crippen molar-refractivity contribution >= 4 is 5.57 Å². The molecule has 78 valence electrons. The summed E-state index contributed by atoms with van der Waals surface area (Å²) in [7, 11) is 0. The van der Waals surface area contributed by atoms with Crippen LogP contribution < -0.4 is 0 Å². The number of hydrogen-bond acceptors (Lipinski definition) is 0. The molecule has 0 heteroatoms. The molecule has 1 aromatic rings. The molecule has 2 rings (SSSR count). The smallest absolute Gasteiger partial charge is 0.0155 e. The van der Waals surface area contributed by atoms with E-state index in [0.717, 1.165) is 0 Å². The fraction of sp³-hybridized carbons (Fsp3) is 0.333. The largest absolute Gasteiger partial charge is 0.0829 e. The van der Waals surface area contributed by atoms with E-state index in [1.54, 1.807) is 0 Å². The van der Waals surface area contributed by atoms with E-state index in [1.807, 2.05) is 0 Å². The first-order chi connectivity index (χ1) is 7.12. The third-order valence-corrected chi connectivity index (χ3v) is 3.43. The minimum Gasteiger partial charge on any atom is -0.0829 e. The fourth-order valence-corrected chi connectivity index (χ4v) is 2.72. The Morgan fingerprint density at radius 1 is 1.00 bits per heavy atom. The van der Waals surface area contributed by atoms with Crippen LogP contribution in [0.15, 0.2) is 42.0 Å². The van der Waals surface area contributed by atoms with Crippen molar-refractivity contribution in [3.8, 4) is 0 Å². The molecular weight excluding hydrogens is 180 g/mol. The Morgan fingerprint density at radius 3 is 2.27 bits per heavy atom. The molecule has 0 amide bonds. The van der Waals surface area contributed by atoms with Crippen molar-refractivity contribution in [3.63, 3.8) is 0 Å². The molecule has 0 saturated carbocycles. The second-order valence-corrected chi connectivity index (χ2v) is 4.58. The van der Waals surface area contributed by atoms with Crippen LogP contribution in [0.2, 0.25) is 0 Å². The monoisotopic (exact) mass is 198 g/mol. The number of rotatable bonds is 0. The van der Waals surface area contributed by atoms with E-state index < -0.39 is 0 Å². The Labute approximate surface area is 92.3 Å². The van der Waals surface area contributed by atoms with Crippen LogP contribution in [-0.2, 0) is 5.41 Å². The molecule has 15 heavy (non-hydrogen) atoms. The SMILES string of the molecule is CC=C1/C(=C\C)c2ccccc2C1(C)C. The molecule has 0 N–H and O–H groups in total. The average Bonchev–Trinajstić information content (AvgIpc) is 2.46. The van der Waals surface area contributed by atoms with Gasteiger partial charge >= 0.3 is 0 Å². The Balaban J connectivity index is 2.76. The molecule has 0 aliphatic heterocycles. The molecule has 0 radical (unpaired) electrons. The van der Waals surface area contributed by atoms with Gasteiger partial charge < -0.3 is 0 Å². The first-order valence-corrected chi connectivity index (χ1v) is 5.56. The second-order valence-electron chi connectivity index (χ2n) is 4.58. The van der Waals surface area contributed by atoms with Gasteiger partial charge in [-0.2, -0.15) is 0 Å². The van der Waals surface area contributed by atoms with Crippen LogP contribution in [0, 0.1) is 0 Å². The standard InChI is InChI=1S/C15H18/c1-5-11-12-9-7-8-10-14(12)15(3,4)13(11)6-2/h5-10H,1-4H3/b11-5-,13-6?. The Hall–Kier alpha value is -1.30. The maximum Gasteiger partial charge on any atom is 0.0155 e. The van der Waals surface area contributed by atoms with Crippen LogP contribution >= 0.6 is 0 Å². The van der Waals surface area contributed by atoms with Crippen LogP contribution in [0.5, 0.6) is 0 Å². The summed E-state index contributed by atoms with van der Waals surface area (Å²) >= 11 is 0. The van der Waals surface area contributed by atoms with E-state index in [9.17, 15) is 0 Å². The minimum atomic E-state index is 0.160. The quantitative estimate of drug-likeness (QED) is 0.582. The highest BCUT2D eigenvalue weighted by molar-refractivity contribution is 5.89. The predicted molar refractivity (Wildman–Crippen MR) is 66.9 cm³/mol. The number of fused-ring (bicyclic) bond motifs is 1. The normalized spacial score (nSPS) is 23.5. The highest BCUT2D eigenvalue weighted by Crippen LogP contribution is 2.49. The highest BCUT2D eigenvalue weighted by atomic mass is 14.4. The maximum absolute atomic E-state index is 2.30. The van der Waals surface area contributed by atoms with Gasteiger partial charge in [0.2, 0.25) is 0 Å². The van der Waals surface area contributed by atoms with E-state index in [1.165, 1.54) is 22.3 Å². The summed E-state index contributed by atoms with van der Waals surface area (Å²) < 4.78 is 0. The van der Waals surface area contributed by atoms with Crippen LogP contribution in [0.25, 0.3) is 5.57 Å². The predicted octanol–water partition coefficient (Wildman–Crippen LogP) is 4.33. The van der Waals surface area contributed by atoms with Gasteiger partial charge in [0.15, 0.2) is 0 Å². The van der Waals surface area contributed by atoms with Crippen LogP contribution in [-0.4, -0.2) is 0 Å². The number of benzene rings is 1. The van der Waals surface area contributed by atoms with Gasteiger partial charge in [0.05, 0.1) is 0 Å². The van der Waals surface area contributed by atoms with Gasteiger partial charge in [-0.1, -0.05) is 50.3 Å². The van der Waals surface area contributed by atoms with Crippen LogP contribution in [0.4, 0.5) is 0 Å². The van der Waals surface area contributed by atoms with Gasteiger partial charge in [-0.3, -0.25) is 0 Å². The van der Waals surface area contributed by atoms with Crippen molar-refractivity contribution in [2.45, 2.75) is 33.1 Å². The molecule has 0 spiro atoms. The lowest BCUT2D eigenvalue weighted by molar-refractivity contribution is 0.659.